The van der Waals surface area contributed by atoms with Crippen molar-refractivity contribution >= 4 is 55.4 Å². The summed E-state index contributed by atoms with van der Waals surface area (Å²) >= 11 is 1.40. The fraction of sp³-hybridized carbons (Fsp3) is 0.548. The van der Waals surface area contributed by atoms with E-state index in [4.69, 9.17) is 19.4 Å². The van der Waals surface area contributed by atoms with E-state index in [0.717, 1.165) is 38.5 Å². The largest absolute Gasteiger partial charge is 0.471 e. The van der Waals surface area contributed by atoms with Gasteiger partial charge >= 0.3 is 6.09 Å². The van der Waals surface area contributed by atoms with Gasteiger partial charge in [0.1, 0.15) is 40.2 Å². The van der Waals surface area contributed by atoms with E-state index in [0.29, 0.717) is 66.7 Å². The molecule has 3 N–H and O–H groups in total. The van der Waals surface area contributed by atoms with Gasteiger partial charge in [0, 0.05) is 18.5 Å². The number of amides is 4. The second-order valence-corrected chi connectivity index (χ2v) is 19.2. The Morgan fingerprint density at radius 3 is 2.63 bits per heavy atom. The van der Waals surface area contributed by atoms with Crippen LogP contribution in [0.3, 0.4) is 0 Å². The SMILES string of the molecule is C=CCC[C@H]1[C@H](Oc2nc(-c3ccccn3)nc3ccsc23)CC2C(=O)NC3(C(=O)NS(=O)(=O)C4CC4)CC3/C=C\CCCCCC(NC(=O)OC3CCCC3)C(=O)N21. The monoisotopic (exact) mass is 845 g/mol. The second kappa shape index (κ2) is 17.4. The fourth-order valence-electron chi connectivity index (χ4n) is 8.65. The first-order valence-electron chi connectivity index (χ1n) is 20.8. The molecule has 15 nitrogen and oxygen atoms in total. The lowest BCUT2D eigenvalue weighted by Crippen LogP contribution is -2.59. The molecule has 5 aliphatic rings. The van der Waals surface area contributed by atoms with Crippen molar-refractivity contribution in [2.45, 2.75) is 137 Å². The van der Waals surface area contributed by atoms with Crippen molar-refractivity contribution in [1.29, 1.82) is 0 Å². The van der Waals surface area contributed by atoms with Crippen LogP contribution in [-0.2, 0) is 29.1 Å². The van der Waals surface area contributed by atoms with Crippen LogP contribution in [0, 0.1) is 5.92 Å². The number of hydrogen-bond acceptors (Lipinski definition) is 12. The van der Waals surface area contributed by atoms with Gasteiger partial charge in [-0.1, -0.05) is 37.1 Å². The maximum Gasteiger partial charge on any atom is 0.408 e. The molecule has 17 heteroatoms. The highest BCUT2D eigenvalue weighted by molar-refractivity contribution is 7.91. The normalized spacial score (nSPS) is 28.3. The van der Waals surface area contributed by atoms with Gasteiger partial charge in [0.2, 0.25) is 27.7 Å². The molecule has 3 aromatic heterocycles. The smallest absolute Gasteiger partial charge is 0.408 e. The van der Waals surface area contributed by atoms with E-state index in [1.54, 1.807) is 24.4 Å². The number of ether oxygens (including phenoxy) is 2. The van der Waals surface area contributed by atoms with Crippen molar-refractivity contribution in [3.05, 3.63) is 60.6 Å². The fourth-order valence-corrected chi connectivity index (χ4v) is 10.8. The van der Waals surface area contributed by atoms with E-state index < -0.39 is 74.8 Å². The summed E-state index contributed by atoms with van der Waals surface area (Å²) < 4.78 is 41.5. The Labute approximate surface area is 347 Å². The number of fused-ring (bicyclic) bond motifs is 3. The number of nitrogens with one attached hydrogen (secondary N) is 3. The number of sulfonamides is 1. The van der Waals surface area contributed by atoms with E-state index in [9.17, 15) is 22.8 Å². The summed E-state index contributed by atoms with van der Waals surface area (Å²) in [5, 5.41) is 7.07. The number of hydrogen-bond donors (Lipinski definition) is 3. The van der Waals surface area contributed by atoms with Gasteiger partial charge in [-0.3, -0.25) is 24.1 Å². The summed E-state index contributed by atoms with van der Waals surface area (Å²) in [4.78, 5) is 72.8. The molecule has 6 atom stereocenters. The number of carbonyl (C=O) groups is 4. The van der Waals surface area contributed by atoms with Crippen molar-refractivity contribution in [3.8, 4) is 17.4 Å². The molecule has 3 aliphatic carbocycles. The summed E-state index contributed by atoms with van der Waals surface area (Å²) in [7, 11) is -3.92. The van der Waals surface area contributed by atoms with Crippen LogP contribution in [-0.4, -0.2) is 93.2 Å². The van der Waals surface area contributed by atoms with Gasteiger partial charge < -0.3 is 25.0 Å². The molecule has 0 radical (unpaired) electrons. The van der Waals surface area contributed by atoms with E-state index in [-0.39, 0.29) is 24.8 Å². The van der Waals surface area contributed by atoms with Crippen LogP contribution in [0.5, 0.6) is 5.88 Å². The zero-order valence-electron chi connectivity index (χ0n) is 32.9. The van der Waals surface area contributed by atoms with Gasteiger partial charge in [0.05, 0.1) is 16.8 Å². The Balaban J connectivity index is 1.16. The van der Waals surface area contributed by atoms with Gasteiger partial charge in [-0.05, 0) is 101 Å². The Morgan fingerprint density at radius 2 is 1.86 bits per heavy atom. The Hall–Kier alpha value is -4.90. The van der Waals surface area contributed by atoms with Crippen LogP contribution in [0.1, 0.15) is 96.3 Å². The topological polar surface area (TPSA) is 199 Å². The second-order valence-electron chi connectivity index (χ2n) is 16.3. The highest BCUT2D eigenvalue weighted by atomic mass is 32.2. The number of alkyl carbamates (subject to hydrolysis) is 1. The first-order valence-corrected chi connectivity index (χ1v) is 23.3. The summed E-state index contributed by atoms with van der Waals surface area (Å²) in [6, 6.07) is 4.43. The third-order valence-electron chi connectivity index (χ3n) is 12.1. The molecule has 5 heterocycles. The zero-order chi connectivity index (χ0) is 41.1. The summed E-state index contributed by atoms with van der Waals surface area (Å²) in [6.07, 6.45) is 14.2. The molecule has 2 aliphatic heterocycles. The summed E-state index contributed by atoms with van der Waals surface area (Å²) in [5.74, 6) is -1.70. The molecule has 3 saturated carbocycles. The molecule has 3 aromatic rings. The molecule has 314 valence electrons. The molecule has 4 fully saturated rings. The van der Waals surface area contributed by atoms with Crippen molar-refractivity contribution < 1.29 is 37.1 Å². The first kappa shape index (κ1) is 40.9. The van der Waals surface area contributed by atoms with Crippen molar-refractivity contribution in [1.82, 2.24) is 35.2 Å². The molecule has 4 unspecified atom stereocenters. The third kappa shape index (κ3) is 9.00. The summed E-state index contributed by atoms with van der Waals surface area (Å²) in [5.41, 5.74) is -0.339. The lowest BCUT2D eigenvalue weighted by molar-refractivity contribution is -0.143. The van der Waals surface area contributed by atoms with E-state index in [1.165, 1.54) is 16.2 Å². The number of thiophene rings is 1. The number of aromatic nitrogens is 3. The average Bonchev–Trinajstić information content (AvgIpc) is 4.02. The quantitative estimate of drug-likeness (QED) is 0.207. The van der Waals surface area contributed by atoms with Gasteiger partial charge in [-0.2, -0.15) is 4.98 Å². The van der Waals surface area contributed by atoms with Gasteiger partial charge in [-0.15, -0.1) is 17.9 Å². The summed E-state index contributed by atoms with van der Waals surface area (Å²) in [6.45, 7) is 3.93. The zero-order valence-corrected chi connectivity index (χ0v) is 34.6. The van der Waals surface area contributed by atoms with Crippen LogP contribution in [0.4, 0.5) is 4.79 Å². The molecular weight excluding hydrogens is 795 g/mol. The van der Waals surface area contributed by atoms with Crippen LogP contribution < -0.4 is 20.1 Å². The van der Waals surface area contributed by atoms with Crippen LogP contribution in [0.15, 0.2) is 60.6 Å². The molecule has 8 rings (SSSR count). The molecule has 0 bridgehead atoms. The number of rotatable bonds is 11. The lowest BCUT2D eigenvalue weighted by Gasteiger charge is -2.34. The van der Waals surface area contributed by atoms with Crippen LogP contribution in [0.25, 0.3) is 21.7 Å². The first-order chi connectivity index (χ1) is 28.6. The minimum atomic E-state index is -3.92. The predicted molar refractivity (Wildman–Crippen MR) is 220 cm³/mol. The average molecular weight is 846 g/mol. The number of carbonyl (C=O) groups excluding carboxylic acids is 4. The Kier molecular flexibility index (Phi) is 12.0. The maximum absolute atomic E-state index is 15.1. The standard InChI is InChI=1S/C42H51N7O8S2/c1-2-3-18-32-34(57-38-35-29(21-23-58-35)44-36(46-38)30-16-11-12-22-43-30)24-33-37(50)47-42(40(52)48-59(54,55)28-19-20-28)25-26(42)13-7-5-4-6-8-17-31(39(51)49(32)33)45-41(53)56-27-14-9-10-15-27/h2,7,11-13,16,21-23,26-28,31-34H,1,3-6,8-10,14-15,17-20,24-25H2,(H,45,53)(H,47,50)(H,48,52)/b13-7-/t26?,31?,32-,33?,34+,42?/m0/s1. The highest BCUT2D eigenvalue weighted by Crippen LogP contribution is 2.46. The Morgan fingerprint density at radius 1 is 1.05 bits per heavy atom. The number of nitrogens with zero attached hydrogens (tertiary/aromatic N) is 4. The minimum absolute atomic E-state index is 0.0208. The highest BCUT2D eigenvalue weighted by Gasteiger charge is 2.62. The number of pyridine rings is 1. The minimum Gasteiger partial charge on any atom is -0.471 e. The van der Waals surface area contributed by atoms with Crippen molar-refractivity contribution in [2.75, 3.05) is 0 Å². The molecule has 0 spiro atoms. The van der Waals surface area contributed by atoms with Crippen molar-refractivity contribution in [3.63, 3.8) is 0 Å². The van der Waals surface area contributed by atoms with Crippen LogP contribution in [0.2, 0.25) is 0 Å². The molecule has 59 heavy (non-hydrogen) atoms. The van der Waals surface area contributed by atoms with Gasteiger partial charge in [-0.25, -0.2) is 18.2 Å². The van der Waals surface area contributed by atoms with Gasteiger partial charge in [0.25, 0.3) is 5.91 Å². The third-order valence-corrected chi connectivity index (χ3v) is 14.8. The predicted octanol–water partition coefficient (Wildman–Crippen LogP) is 5.48. The van der Waals surface area contributed by atoms with E-state index in [1.807, 2.05) is 29.7 Å². The van der Waals surface area contributed by atoms with Gasteiger partial charge in [0.15, 0.2) is 5.82 Å². The Bertz CT molecular complexity index is 2210. The molecule has 4 amide bonds. The van der Waals surface area contributed by atoms with E-state index >= 15 is 4.79 Å². The molecular formula is C42H51N7O8S2. The van der Waals surface area contributed by atoms with Crippen LogP contribution >= 0.6 is 11.3 Å². The molecule has 0 aromatic carbocycles. The molecule has 1 saturated heterocycles. The van der Waals surface area contributed by atoms with E-state index in [2.05, 4.69) is 26.9 Å². The lowest BCUT2D eigenvalue weighted by atomic mass is 10.0. The maximum atomic E-state index is 15.1. The number of allylic oxidation sites excluding steroid dienone is 2. The van der Waals surface area contributed by atoms with Crippen molar-refractivity contribution in [2.24, 2.45) is 5.92 Å².